The van der Waals surface area contributed by atoms with Crippen LogP contribution in [0.15, 0.2) is 0 Å². The van der Waals surface area contributed by atoms with Gasteiger partial charge >= 0.3 is 0 Å². The number of hydrogen-bond acceptors (Lipinski definition) is 2. The van der Waals surface area contributed by atoms with Gasteiger partial charge in [-0.05, 0) is 32.6 Å². The number of hydrogen-bond donors (Lipinski definition) is 1. The molecule has 0 aromatic heterocycles. The Hall–Kier alpha value is -0.570. The highest BCUT2D eigenvalue weighted by molar-refractivity contribution is 5.77. The van der Waals surface area contributed by atoms with E-state index in [-0.39, 0.29) is 11.9 Å². The zero-order valence-corrected chi connectivity index (χ0v) is 9.49. The van der Waals surface area contributed by atoms with Crippen LogP contribution in [0.4, 0.5) is 0 Å². The van der Waals surface area contributed by atoms with E-state index in [1.54, 1.807) is 0 Å². The summed E-state index contributed by atoms with van der Waals surface area (Å²) in [7, 11) is 0. The minimum absolute atomic E-state index is 0.0194. The summed E-state index contributed by atoms with van der Waals surface area (Å²) in [6.45, 7) is 7.18. The first-order chi connectivity index (χ1) is 6.50. The molecule has 0 aliphatic carbocycles. The van der Waals surface area contributed by atoms with E-state index in [0.717, 1.165) is 25.3 Å². The van der Waals surface area contributed by atoms with Crippen molar-refractivity contribution < 1.29 is 4.79 Å². The van der Waals surface area contributed by atoms with E-state index in [1.807, 2.05) is 11.8 Å². The molecule has 1 aliphatic rings. The van der Waals surface area contributed by atoms with Gasteiger partial charge in [0.2, 0.25) is 5.91 Å². The highest BCUT2D eigenvalue weighted by Gasteiger charge is 2.26. The van der Waals surface area contributed by atoms with Gasteiger partial charge in [-0.25, -0.2) is 0 Å². The summed E-state index contributed by atoms with van der Waals surface area (Å²) in [5.74, 6) is 0.976. The number of carbonyl (C=O) groups is 1. The van der Waals surface area contributed by atoms with Crippen molar-refractivity contribution in [2.24, 2.45) is 11.7 Å². The van der Waals surface area contributed by atoms with Crippen LogP contribution in [0.25, 0.3) is 0 Å². The summed E-state index contributed by atoms with van der Waals surface area (Å²) < 4.78 is 0. The molecule has 3 nitrogen and oxygen atoms in total. The smallest absolute Gasteiger partial charge is 0.224 e. The van der Waals surface area contributed by atoms with E-state index in [4.69, 9.17) is 5.73 Å². The fourth-order valence-electron chi connectivity index (χ4n) is 2.17. The number of rotatable bonds is 2. The van der Waals surface area contributed by atoms with E-state index >= 15 is 0 Å². The summed E-state index contributed by atoms with van der Waals surface area (Å²) in [5, 5.41) is 0. The number of piperidine rings is 1. The highest BCUT2D eigenvalue weighted by Crippen LogP contribution is 2.22. The van der Waals surface area contributed by atoms with Crippen molar-refractivity contribution in [2.75, 3.05) is 6.54 Å². The van der Waals surface area contributed by atoms with E-state index in [0.29, 0.717) is 12.5 Å². The molecule has 0 radical (unpaired) electrons. The van der Waals surface area contributed by atoms with Crippen LogP contribution in [-0.4, -0.2) is 29.4 Å². The van der Waals surface area contributed by atoms with Gasteiger partial charge in [0.1, 0.15) is 0 Å². The normalized spacial score (nSPS) is 30.1. The van der Waals surface area contributed by atoms with Crippen LogP contribution in [0.5, 0.6) is 0 Å². The molecule has 0 saturated carbocycles. The van der Waals surface area contributed by atoms with Gasteiger partial charge in [-0.2, -0.15) is 0 Å². The summed E-state index contributed by atoms with van der Waals surface area (Å²) in [6, 6.07) is 0.374. The molecule has 0 aromatic rings. The number of nitrogens with zero attached hydrogens (tertiary/aromatic N) is 1. The van der Waals surface area contributed by atoms with Crippen molar-refractivity contribution in [2.45, 2.75) is 52.1 Å². The van der Waals surface area contributed by atoms with Gasteiger partial charge in [0.15, 0.2) is 0 Å². The topological polar surface area (TPSA) is 46.3 Å². The van der Waals surface area contributed by atoms with Gasteiger partial charge in [0.05, 0.1) is 0 Å². The maximum absolute atomic E-state index is 11.8. The molecular weight excluding hydrogens is 176 g/mol. The Morgan fingerprint density at radius 2 is 2.21 bits per heavy atom. The first-order valence-electron chi connectivity index (χ1n) is 5.55. The Balaban J connectivity index is 2.47. The zero-order chi connectivity index (χ0) is 10.7. The van der Waals surface area contributed by atoms with Crippen molar-refractivity contribution in [3.05, 3.63) is 0 Å². The predicted octanol–water partition coefficient (Wildman–Crippen LogP) is 1.37. The van der Waals surface area contributed by atoms with Crippen LogP contribution in [0.2, 0.25) is 0 Å². The molecule has 1 fully saturated rings. The minimum atomic E-state index is -0.0194. The number of likely N-dealkylation sites (tertiary alicyclic amines) is 1. The lowest BCUT2D eigenvalue weighted by atomic mass is 9.93. The Bertz CT molecular complexity index is 203. The summed E-state index contributed by atoms with van der Waals surface area (Å²) >= 11 is 0. The third-order valence-electron chi connectivity index (χ3n) is 2.96. The third kappa shape index (κ3) is 2.98. The number of carbonyl (C=O) groups excluding carboxylic acids is 1. The van der Waals surface area contributed by atoms with Crippen molar-refractivity contribution in [1.82, 2.24) is 4.90 Å². The first kappa shape index (κ1) is 11.5. The van der Waals surface area contributed by atoms with Crippen molar-refractivity contribution >= 4 is 5.91 Å². The SMILES string of the molecule is CC(N)CC(=O)N1CCC(C)CC1C. The monoisotopic (exact) mass is 198 g/mol. The average molecular weight is 198 g/mol. The van der Waals surface area contributed by atoms with Crippen LogP contribution in [0.1, 0.15) is 40.0 Å². The fourth-order valence-corrected chi connectivity index (χ4v) is 2.17. The van der Waals surface area contributed by atoms with Gasteiger partial charge in [-0.1, -0.05) is 6.92 Å². The molecule has 0 spiro atoms. The lowest BCUT2D eigenvalue weighted by molar-refractivity contribution is -0.135. The molecule has 82 valence electrons. The van der Waals surface area contributed by atoms with Gasteiger partial charge in [0, 0.05) is 25.0 Å². The van der Waals surface area contributed by atoms with Gasteiger partial charge in [0.25, 0.3) is 0 Å². The molecule has 2 N–H and O–H groups in total. The van der Waals surface area contributed by atoms with E-state index in [1.165, 1.54) is 0 Å². The van der Waals surface area contributed by atoms with Gasteiger partial charge in [-0.3, -0.25) is 4.79 Å². The molecule has 0 aromatic carbocycles. The second kappa shape index (κ2) is 4.78. The van der Waals surface area contributed by atoms with E-state index < -0.39 is 0 Å². The standard InChI is InChI=1S/C11H22N2O/c1-8-4-5-13(10(3)6-8)11(14)7-9(2)12/h8-10H,4-7,12H2,1-3H3. The molecule has 1 heterocycles. The lowest BCUT2D eigenvalue weighted by Crippen LogP contribution is -2.45. The lowest BCUT2D eigenvalue weighted by Gasteiger charge is -2.37. The van der Waals surface area contributed by atoms with Crippen LogP contribution in [0, 0.1) is 5.92 Å². The largest absolute Gasteiger partial charge is 0.340 e. The molecular formula is C11H22N2O. The Kier molecular flexibility index (Phi) is 3.93. The molecule has 1 saturated heterocycles. The molecule has 1 amide bonds. The van der Waals surface area contributed by atoms with Crippen molar-refractivity contribution in [1.29, 1.82) is 0 Å². The van der Waals surface area contributed by atoms with E-state index in [2.05, 4.69) is 13.8 Å². The average Bonchev–Trinajstić information content (AvgIpc) is 2.01. The first-order valence-corrected chi connectivity index (χ1v) is 5.55. The maximum Gasteiger partial charge on any atom is 0.224 e. The molecule has 14 heavy (non-hydrogen) atoms. The second-order valence-corrected chi connectivity index (χ2v) is 4.75. The molecule has 3 unspecified atom stereocenters. The van der Waals surface area contributed by atoms with Crippen LogP contribution < -0.4 is 5.73 Å². The third-order valence-corrected chi connectivity index (χ3v) is 2.96. The Labute approximate surface area is 86.6 Å². The molecule has 3 atom stereocenters. The van der Waals surface area contributed by atoms with Crippen LogP contribution in [0.3, 0.4) is 0 Å². The fraction of sp³-hybridized carbons (Fsp3) is 0.909. The van der Waals surface area contributed by atoms with E-state index in [9.17, 15) is 4.79 Å². The van der Waals surface area contributed by atoms with Gasteiger partial charge in [-0.15, -0.1) is 0 Å². The summed E-state index contributed by atoms with van der Waals surface area (Å²) in [4.78, 5) is 13.8. The Morgan fingerprint density at radius 1 is 1.57 bits per heavy atom. The number of nitrogens with two attached hydrogens (primary N) is 1. The quantitative estimate of drug-likeness (QED) is 0.728. The maximum atomic E-state index is 11.8. The minimum Gasteiger partial charge on any atom is -0.340 e. The molecule has 0 bridgehead atoms. The summed E-state index contributed by atoms with van der Waals surface area (Å²) in [6.07, 6.45) is 2.75. The van der Waals surface area contributed by atoms with Crippen LogP contribution in [-0.2, 0) is 4.79 Å². The Morgan fingerprint density at radius 3 is 2.71 bits per heavy atom. The predicted molar refractivity (Wildman–Crippen MR) is 57.8 cm³/mol. The highest BCUT2D eigenvalue weighted by atomic mass is 16.2. The van der Waals surface area contributed by atoms with Crippen LogP contribution >= 0.6 is 0 Å². The molecule has 3 heteroatoms. The molecule has 1 rings (SSSR count). The van der Waals surface area contributed by atoms with Crippen molar-refractivity contribution in [3.63, 3.8) is 0 Å². The number of amides is 1. The zero-order valence-electron chi connectivity index (χ0n) is 9.49. The summed E-state index contributed by atoms with van der Waals surface area (Å²) in [5.41, 5.74) is 5.63. The van der Waals surface area contributed by atoms with Crippen molar-refractivity contribution in [3.8, 4) is 0 Å². The van der Waals surface area contributed by atoms with Gasteiger partial charge < -0.3 is 10.6 Å². The molecule has 1 aliphatic heterocycles. The second-order valence-electron chi connectivity index (χ2n) is 4.75.